The number of carbonyl (C=O) groups is 1. The van der Waals surface area contributed by atoms with E-state index in [-0.39, 0.29) is 11.6 Å². The summed E-state index contributed by atoms with van der Waals surface area (Å²) >= 11 is 20.0. The van der Waals surface area contributed by atoms with Crippen molar-refractivity contribution in [3.8, 4) is 5.69 Å². The number of rotatable bonds is 6. The predicted molar refractivity (Wildman–Crippen MR) is 143 cm³/mol. The minimum absolute atomic E-state index is 0.176. The van der Waals surface area contributed by atoms with Crippen LogP contribution in [0, 0.1) is 0 Å². The first-order valence-electron chi connectivity index (χ1n) is 11.1. The SMILES string of the molecule is O=C(c1nnn(-c2cc(Cl)cc(Cl)c2)c1CSc1ncccn1)N1CCN(c2cccc(Cl)c2)CC1. The van der Waals surface area contributed by atoms with E-state index in [9.17, 15) is 4.79 Å². The normalized spacial score (nSPS) is 13.8. The number of nitrogens with zero attached hydrogens (tertiary/aromatic N) is 7. The van der Waals surface area contributed by atoms with Gasteiger partial charge < -0.3 is 9.80 Å². The Morgan fingerprint density at radius 1 is 0.861 bits per heavy atom. The lowest BCUT2D eigenvalue weighted by molar-refractivity contribution is 0.0740. The molecule has 5 rings (SSSR count). The fourth-order valence-corrected chi connectivity index (χ4v) is 5.44. The van der Waals surface area contributed by atoms with Crippen LogP contribution in [0.1, 0.15) is 16.2 Å². The molecule has 2 aromatic heterocycles. The number of amides is 1. The summed E-state index contributed by atoms with van der Waals surface area (Å²) in [4.78, 5) is 26.1. The Kier molecular flexibility index (Phi) is 7.62. The molecule has 3 heterocycles. The quantitative estimate of drug-likeness (QED) is 0.235. The maximum Gasteiger partial charge on any atom is 0.276 e. The molecule has 184 valence electrons. The fourth-order valence-electron chi connectivity index (χ4n) is 3.95. The van der Waals surface area contributed by atoms with Crippen LogP contribution in [-0.2, 0) is 5.75 Å². The van der Waals surface area contributed by atoms with Crippen molar-refractivity contribution in [2.45, 2.75) is 10.9 Å². The largest absolute Gasteiger partial charge is 0.368 e. The highest BCUT2D eigenvalue weighted by atomic mass is 35.5. The molecule has 0 unspecified atom stereocenters. The van der Waals surface area contributed by atoms with Gasteiger partial charge in [0, 0.05) is 65.1 Å². The molecule has 8 nitrogen and oxygen atoms in total. The number of thioether (sulfide) groups is 1. The highest BCUT2D eigenvalue weighted by molar-refractivity contribution is 7.98. The van der Waals surface area contributed by atoms with Crippen molar-refractivity contribution in [3.63, 3.8) is 0 Å². The van der Waals surface area contributed by atoms with E-state index >= 15 is 0 Å². The molecule has 1 aliphatic heterocycles. The van der Waals surface area contributed by atoms with E-state index in [4.69, 9.17) is 34.8 Å². The van der Waals surface area contributed by atoms with Gasteiger partial charge in [-0.05, 0) is 42.5 Å². The molecule has 36 heavy (non-hydrogen) atoms. The van der Waals surface area contributed by atoms with Crippen LogP contribution in [0.15, 0.2) is 66.1 Å². The van der Waals surface area contributed by atoms with Crippen molar-refractivity contribution >= 4 is 58.2 Å². The lowest BCUT2D eigenvalue weighted by Crippen LogP contribution is -2.49. The van der Waals surface area contributed by atoms with Crippen LogP contribution in [-0.4, -0.2) is 61.9 Å². The molecule has 0 atom stereocenters. The maximum atomic E-state index is 13.6. The second-order valence-electron chi connectivity index (χ2n) is 8.00. The molecule has 1 amide bonds. The minimum atomic E-state index is -0.176. The van der Waals surface area contributed by atoms with Gasteiger partial charge in [0.1, 0.15) is 0 Å². The van der Waals surface area contributed by atoms with E-state index in [0.29, 0.717) is 63.5 Å². The van der Waals surface area contributed by atoms with Gasteiger partial charge in [-0.25, -0.2) is 14.6 Å². The number of benzene rings is 2. The highest BCUT2D eigenvalue weighted by Crippen LogP contribution is 2.27. The second-order valence-corrected chi connectivity index (χ2v) is 10.3. The molecule has 1 saturated heterocycles. The average molecular weight is 561 g/mol. The second kappa shape index (κ2) is 11.0. The van der Waals surface area contributed by atoms with Crippen molar-refractivity contribution in [1.82, 2.24) is 29.9 Å². The Hall–Kier alpha value is -2.85. The Balaban J connectivity index is 1.39. The van der Waals surface area contributed by atoms with Crippen LogP contribution in [0.4, 0.5) is 5.69 Å². The van der Waals surface area contributed by atoms with Gasteiger partial charge in [-0.1, -0.05) is 57.8 Å². The van der Waals surface area contributed by atoms with Gasteiger partial charge >= 0.3 is 0 Å². The van der Waals surface area contributed by atoms with Crippen molar-refractivity contribution in [2.75, 3.05) is 31.1 Å². The molecular weight excluding hydrogens is 541 g/mol. The molecule has 0 saturated carbocycles. The average Bonchev–Trinajstić information content (AvgIpc) is 3.31. The van der Waals surface area contributed by atoms with Gasteiger partial charge in [0.05, 0.1) is 11.4 Å². The van der Waals surface area contributed by atoms with Gasteiger partial charge in [-0.3, -0.25) is 4.79 Å². The van der Waals surface area contributed by atoms with Gasteiger partial charge in [-0.15, -0.1) is 5.10 Å². The zero-order valence-electron chi connectivity index (χ0n) is 18.9. The van der Waals surface area contributed by atoms with Gasteiger partial charge in [0.15, 0.2) is 10.9 Å². The van der Waals surface area contributed by atoms with Crippen molar-refractivity contribution in [1.29, 1.82) is 0 Å². The highest BCUT2D eigenvalue weighted by Gasteiger charge is 2.28. The molecular formula is C24H20Cl3N7OS. The number of carbonyl (C=O) groups excluding carboxylic acids is 1. The summed E-state index contributed by atoms with van der Waals surface area (Å²) < 4.78 is 1.60. The number of hydrogen-bond acceptors (Lipinski definition) is 7. The van der Waals surface area contributed by atoms with Crippen LogP contribution in [0.5, 0.6) is 0 Å². The third-order valence-electron chi connectivity index (χ3n) is 5.68. The van der Waals surface area contributed by atoms with Crippen molar-refractivity contribution < 1.29 is 4.79 Å². The molecule has 0 spiro atoms. The van der Waals surface area contributed by atoms with Crippen LogP contribution >= 0.6 is 46.6 Å². The molecule has 4 aromatic rings. The van der Waals surface area contributed by atoms with Crippen LogP contribution in [0.2, 0.25) is 15.1 Å². The van der Waals surface area contributed by atoms with Crippen molar-refractivity contribution in [2.24, 2.45) is 0 Å². The molecule has 0 radical (unpaired) electrons. The molecule has 0 aliphatic carbocycles. The van der Waals surface area contributed by atoms with Crippen molar-refractivity contribution in [3.05, 3.63) is 87.4 Å². The summed E-state index contributed by atoms with van der Waals surface area (Å²) in [6, 6.07) is 14.6. The Labute approximate surface area is 227 Å². The lowest BCUT2D eigenvalue weighted by Gasteiger charge is -2.36. The lowest BCUT2D eigenvalue weighted by atomic mass is 10.2. The molecule has 12 heteroatoms. The zero-order valence-corrected chi connectivity index (χ0v) is 22.0. The molecule has 1 aliphatic rings. The predicted octanol–water partition coefficient (Wildman–Crippen LogP) is 5.27. The summed E-state index contributed by atoms with van der Waals surface area (Å²) in [5.74, 6) is 0.203. The number of aromatic nitrogens is 5. The molecule has 2 aromatic carbocycles. The van der Waals surface area contributed by atoms with E-state index < -0.39 is 0 Å². The van der Waals surface area contributed by atoms with E-state index in [2.05, 4.69) is 25.2 Å². The van der Waals surface area contributed by atoms with E-state index in [0.717, 1.165) is 5.69 Å². The van der Waals surface area contributed by atoms with Crippen LogP contribution in [0.25, 0.3) is 5.69 Å². The standard InChI is InChI=1S/C24H20Cl3N7OS/c25-16-3-1-4-19(12-16)32-7-9-33(10-8-32)23(35)22-21(15-36-24-28-5-2-6-29-24)34(31-30-22)20-13-17(26)11-18(27)14-20/h1-6,11-14H,7-10,15H2. The number of anilines is 1. The summed E-state index contributed by atoms with van der Waals surface area (Å²) in [5.41, 5.74) is 2.56. The molecule has 0 bridgehead atoms. The number of hydrogen-bond donors (Lipinski definition) is 0. The summed E-state index contributed by atoms with van der Waals surface area (Å²) in [6.07, 6.45) is 3.35. The zero-order chi connectivity index (χ0) is 25.1. The van der Waals surface area contributed by atoms with Crippen LogP contribution in [0.3, 0.4) is 0 Å². The van der Waals surface area contributed by atoms with Gasteiger partial charge in [-0.2, -0.15) is 0 Å². The van der Waals surface area contributed by atoms with E-state index in [1.54, 1.807) is 46.2 Å². The maximum absolute atomic E-state index is 13.6. The van der Waals surface area contributed by atoms with Crippen LogP contribution < -0.4 is 4.90 Å². The van der Waals surface area contributed by atoms with Gasteiger partial charge in [0.25, 0.3) is 5.91 Å². The van der Waals surface area contributed by atoms with E-state index in [1.807, 2.05) is 24.3 Å². The Bertz CT molecular complexity index is 1360. The smallest absolute Gasteiger partial charge is 0.276 e. The first kappa shape index (κ1) is 24.8. The summed E-state index contributed by atoms with van der Waals surface area (Å²) in [5, 5.41) is 10.8. The number of piperazine rings is 1. The topological polar surface area (TPSA) is 80.0 Å². The minimum Gasteiger partial charge on any atom is -0.368 e. The Morgan fingerprint density at radius 2 is 1.56 bits per heavy atom. The third-order valence-corrected chi connectivity index (χ3v) is 7.24. The third kappa shape index (κ3) is 5.59. The number of halogens is 3. The first-order chi connectivity index (χ1) is 17.5. The fraction of sp³-hybridized carbons (Fsp3) is 0.208. The summed E-state index contributed by atoms with van der Waals surface area (Å²) in [7, 11) is 0. The molecule has 0 N–H and O–H groups in total. The van der Waals surface area contributed by atoms with E-state index in [1.165, 1.54) is 11.8 Å². The molecule has 1 fully saturated rings. The monoisotopic (exact) mass is 559 g/mol. The first-order valence-corrected chi connectivity index (χ1v) is 13.2. The van der Waals surface area contributed by atoms with Gasteiger partial charge in [0.2, 0.25) is 0 Å². The summed E-state index contributed by atoms with van der Waals surface area (Å²) in [6.45, 7) is 2.48. The Morgan fingerprint density at radius 3 is 2.25 bits per heavy atom.